The average Bonchev–Trinajstić information content (AvgIpc) is 3.09. The number of rotatable bonds is 6. The summed E-state index contributed by atoms with van der Waals surface area (Å²) >= 11 is 1.28. The molecule has 0 aliphatic heterocycles. The van der Waals surface area contributed by atoms with Crippen LogP contribution in [0.2, 0.25) is 0 Å². The van der Waals surface area contributed by atoms with Crippen LogP contribution in [-0.2, 0) is 14.3 Å². The first kappa shape index (κ1) is 17.7. The van der Waals surface area contributed by atoms with Crippen LogP contribution in [0.5, 0.6) is 0 Å². The maximum atomic E-state index is 11.8. The Hall–Kier alpha value is -2.67. The molecule has 0 fully saturated rings. The van der Waals surface area contributed by atoms with Crippen molar-refractivity contribution in [3.63, 3.8) is 0 Å². The lowest BCUT2D eigenvalue weighted by molar-refractivity contribution is -0.148. The van der Waals surface area contributed by atoms with E-state index < -0.39 is 24.5 Å². The highest BCUT2D eigenvalue weighted by molar-refractivity contribution is 7.12. The molecule has 0 saturated carbocycles. The summed E-state index contributed by atoms with van der Waals surface area (Å²) in [5.41, 5.74) is 1.70. The first-order valence-corrected chi connectivity index (χ1v) is 8.21. The first-order valence-electron chi connectivity index (χ1n) is 7.33. The lowest BCUT2D eigenvalue weighted by atomic mass is 10.2. The fourth-order valence-electron chi connectivity index (χ4n) is 1.83. The quantitative estimate of drug-likeness (QED) is 0.787. The summed E-state index contributed by atoms with van der Waals surface area (Å²) in [4.78, 5) is 35.9. The van der Waals surface area contributed by atoms with E-state index in [1.54, 1.807) is 29.6 Å². The van der Waals surface area contributed by atoms with E-state index >= 15 is 0 Å². The Bertz CT molecular complexity index is 711. The Morgan fingerprint density at radius 2 is 1.88 bits per heavy atom. The molecule has 1 aromatic carbocycles. The largest absolute Gasteiger partial charge is 0.454 e. The van der Waals surface area contributed by atoms with Crippen molar-refractivity contribution in [2.45, 2.75) is 19.9 Å². The van der Waals surface area contributed by atoms with E-state index in [4.69, 9.17) is 4.74 Å². The number of hydrogen-bond donors (Lipinski definition) is 2. The molecule has 1 unspecified atom stereocenters. The number of anilines is 1. The summed E-state index contributed by atoms with van der Waals surface area (Å²) in [5.74, 6) is -1.46. The summed E-state index contributed by atoms with van der Waals surface area (Å²) in [6.07, 6.45) is 0. The van der Waals surface area contributed by atoms with Gasteiger partial charge < -0.3 is 15.4 Å². The number of hydrogen-bond acceptors (Lipinski definition) is 5. The van der Waals surface area contributed by atoms with Gasteiger partial charge in [-0.3, -0.25) is 9.59 Å². The molecular formula is C17H18N2O4S. The number of ether oxygens (including phenoxy) is 1. The van der Waals surface area contributed by atoms with Gasteiger partial charge >= 0.3 is 5.97 Å². The van der Waals surface area contributed by atoms with Gasteiger partial charge in [-0.15, -0.1) is 11.3 Å². The smallest absolute Gasteiger partial charge is 0.328 e. The number of carbonyl (C=O) groups excluding carboxylic acids is 3. The summed E-state index contributed by atoms with van der Waals surface area (Å²) in [7, 11) is 0. The van der Waals surface area contributed by atoms with Gasteiger partial charge in [-0.1, -0.05) is 23.8 Å². The van der Waals surface area contributed by atoms with Gasteiger partial charge in [-0.2, -0.15) is 0 Å². The predicted octanol–water partition coefficient (Wildman–Crippen LogP) is 2.36. The molecule has 0 spiro atoms. The zero-order valence-corrected chi connectivity index (χ0v) is 14.2. The molecule has 6 nitrogen and oxygen atoms in total. The molecule has 2 N–H and O–H groups in total. The molecule has 0 radical (unpaired) electrons. The van der Waals surface area contributed by atoms with Gasteiger partial charge in [0.2, 0.25) is 0 Å². The highest BCUT2D eigenvalue weighted by Gasteiger charge is 2.19. The Balaban J connectivity index is 1.76. The fraction of sp³-hybridized carbons (Fsp3) is 0.235. The highest BCUT2D eigenvalue weighted by atomic mass is 32.1. The maximum Gasteiger partial charge on any atom is 0.328 e. The number of benzene rings is 1. The van der Waals surface area contributed by atoms with Crippen molar-refractivity contribution in [1.29, 1.82) is 0 Å². The van der Waals surface area contributed by atoms with E-state index in [-0.39, 0.29) is 5.91 Å². The lowest BCUT2D eigenvalue weighted by Gasteiger charge is -2.13. The summed E-state index contributed by atoms with van der Waals surface area (Å²) in [6.45, 7) is 3.04. The number of carbonyl (C=O) groups is 3. The zero-order chi connectivity index (χ0) is 17.5. The molecule has 0 saturated heterocycles. The third-order valence-electron chi connectivity index (χ3n) is 3.13. The van der Waals surface area contributed by atoms with Crippen LogP contribution >= 0.6 is 11.3 Å². The van der Waals surface area contributed by atoms with Crippen LogP contribution in [0.1, 0.15) is 22.2 Å². The predicted molar refractivity (Wildman–Crippen MR) is 92.0 cm³/mol. The second-order valence-corrected chi connectivity index (χ2v) is 6.14. The number of nitrogens with one attached hydrogen (secondary N) is 2. The van der Waals surface area contributed by atoms with Crippen molar-refractivity contribution < 1.29 is 19.1 Å². The second-order valence-electron chi connectivity index (χ2n) is 5.19. The van der Waals surface area contributed by atoms with Crippen molar-refractivity contribution in [1.82, 2.24) is 5.32 Å². The second kappa shape index (κ2) is 8.26. The molecule has 2 amide bonds. The van der Waals surface area contributed by atoms with Crippen LogP contribution in [0, 0.1) is 6.92 Å². The van der Waals surface area contributed by atoms with Crippen molar-refractivity contribution >= 4 is 34.8 Å². The van der Waals surface area contributed by atoms with Crippen molar-refractivity contribution in [2.24, 2.45) is 0 Å². The highest BCUT2D eigenvalue weighted by Crippen LogP contribution is 2.09. The third-order valence-corrected chi connectivity index (χ3v) is 4.00. The molecule has 0 bridgehead atoms. The zero-order valence-electron chi connectivity index (χ0n) is 13.4. The minimum Gasteiger partial charge on any atom is -0.454 e. The van der Waals surface area contributed by atoms with E-state index in [0.29, 0.717) is 10.6 Å². The monoisotopic (exact) mass is 346 g/mol. The summed E-state index contributed by atoms with van der Waals surface area (Å²) in [6, 6.07) is 9.82. The first-order chi connectivity index (χ1) is 11.5. The topological polar surface area (TPSA) is 84.5 Å². The average molecular weight is 346 g/mol. The standard InChI is InChI=1S/C17H18N2O4S/c1-11-5-7-13(8-6-11)19-15(20)10-23-17(22)12(2)18-16(21)14-4-3-9-24-14/h3-9,12H,10H2,1-2H3,(H,18,21)(H,19,20). The molecule has 0 aliphatic rings. The Morgan fingerprint density at radius 3 is 2.50 bits per heavy atom. The van der Waals surface area contributed by atoms with Crippen LogP contribution in [0.3, 0.4) is 0 Å². The number of esters is 1. The molecule has 126 valence electrons. The van der Waals surface area contributed by atoms with E-state index in [1.807, 2.05) is 19.1 Å². The normalized spacial score (nSPS) is 11.4. The Labute approximate surface area is 143 Å². The minimum atomic E-state index is -0.841. The molecular weight excluding hydrogens is 328 g/mol. The molecule has 7 heteroatoms. The van der Waals surface area contributed by atoms with Crippen molar-refractivity contribution in [3.8, 4) is 0 Å². The molecule has 1 aromatic heterocycles. The van der Waals surface area contributed by atoms with E-state index in [1.165, 1.54) is 18.3 Å². The van der Waals surface area contributed by atoms with Gasteiger partial charge in [0.05, 0.1) is 4.88 Å². The summed E-state index contributed by atoms with van der Waals surface area (Å²) in [5, 5.41) is 6.92. The van der Waals surface area contributed by atoms with E-state index in [2.05, 4.69) is 10.6 Å². The van der Waals surface area contributed by atoms with E-state index in [9.17, 15) is 14.4 Å². The van der Waals surface area contributed by atoms with Gasteiger partial charge in [0.1, 0.15) is 6.04 Å². The van der Waals surface area contributed by atoms with Crippen LogP contribution in [-0.4, -0.2) is 30.4 Å². The van der Waals surface area contributed by atoms with Crippen LogP contribution in [0.4, 0.5) is 5.69 Å². The van der Waals surface area contributed by atoms with Gasteiger partial charge in [-0.25, -0.2) is 4.79 Å². The van der Waals surface area contributed by atoms with Crippen LogP contribution in [0.15, 0.2) is 41.8 Å². The van der Waals surface area contributed by atoms with Gasteiger partial charge in [0.15, 0.2) is 6.61 Å². The molecule has 0 aliphatic carbocycles. The minimum absolute atomic E-state index is 0.349. The van der Waals surface area contributed by atoms with Gasteiger partial charge in [0, 0.05) is 5.69 Å². The summed E-state index contributed by atoms with van der Waals surface area (Å²) < 4.78 is 4.92. The van der Waals surface area contributed by atoms with Crippen molar-refractivity contribution in [3.05, 3.63) is 52.2 Å². The number of aryl methyl sites for hydroxylation is 1. The Kier molecular flexibility index (Phi) is 6.08. The SMILES string of the molecule is Cc1ccc(NC(=O)COC(=O)C(C)NC(=O)c2cccs2)cc1. The molecule has 1 heterocycles. The third kappa shape index (κ3) is 5.20. The van der Waals surface area contributed by atoms with Crippen molar-refractivity contribution in [2.75, 3.05) is 11.9 Å². The lowest BCUT2D eigenvalue weighted by Crippen LogP contribution is -2.40. The van der Waals surface area contributed by atoms with Crippen LogP contribution < -0.4 is 10.6 Å². The molecule has 2 aromatic rings. The van der Waals surface area contributed by atoms with Crippen LogP contribution in [0.25, 0.3) is 0 Å². The molecule has 1 atom stereocenters. The van der Waals surface area contributed by atoms with Gasteiger partial charge in [-0.05, 0) is 37.4 Å². The fourth-order valence-corrected chi connectivity index (χ4v) is 2.46. The van der Waals surface area contributed by atoms with E-state index in [0.717, 1.165) is 5.56 Å². The molecule has 24 heavy (non-hydrogen) atoms. The number of amides is 2. The maximum absolute atomic E-state index is 11.8. The van der Waals surface area contributed by atoms with Gasteiger partial charge in [0.25, 0.3) is 11.8 Å². The molecule has 2 rings (SSSR count). The number of thiophene rings is 1. The Morgan fingerprint density at radius 1 is 1.17 bits per heavy atom.